The standard InChI is InChI=1S/C13H14OS/c14-12-6-4-5-11(9-12)10-15-13-7-2-1-3-8-13/h1-4,6-8,11H,5,9-10H2. The van der Waals surface area contributed by atoms with E-state index in [1.165, 1.54) is 4.90 Å². The highest BCUT2D eigenvalue weighted by Crippen LogP contribution is 2.25. The van der Waals surface area contributed by atoms with E-state index in [2.05, 4.69) is 12.1 Å². The highest BCUT2D eigenvalue weighted by Gasteiger charge is 2.15. The summed E-state index contributed by atoms with van der Waals surface area (Å²) in [7, 11) is 0. The summed E-state index contributed by atoms with van der Waals surface area (Å²) in [6.07, 6.45) is 5.48. The number of hydrogen-bond acceptors (Lipinski definition) is 2. The van der Waals surface area contributed by atoms with E-state index in [0.717, 1.165) is 18.6 Å². The average molecular weight is 218 g/mol. The van der Waals surface area contributed by atoms with Crippen molar-refractivity contribution >= 4 is 17.5 Å². The normalized spacial score (nSPS) is 20.5. The smallest absolute Gasteiger partial charge is 0.155 e. The topological polar surface area (TPSA) is 17.1 Å². The molecule has 1 atom stereocenters. The monoisotopic (exact) mass is 218 g/mol. The number of thioether (sulfide) groups is 1. The fourth-order valence-corrected chi connectivity index (χ4v) is 2.72. The fourth-order valence-electron chi connectivity index (χ4n) is 1.69. The van der Waals surface area contributed by atoms with Crippen molar-refractivity contribution in [1.29, 1.82) is 0 Å². The molecule has 1 aliphatic carbocycles. The molecule has 1 unspecified atom stereocenters. The van der Waals surface area contributed by atoms with E-state index in [1.807, 2.05) is 36.0 Å². The molecule has 1 aliphatic rings. The summed E-state index contributed by atoms with van der Waals surface area (Å²) < 4.78 is 0. The molecule has 1 nitrogen and oxygen atoms in total. The third-order valence-electron chi connectivity index (χ3n) is 2.49. The summed E-state index contributed by atoms with van der Waals surface area (Å²) in [6.45, 7) is 0. The van der Waals surface area contributed by atoms with Gasteiger partial charge in [0.05, 0.1) is 0 Å². The van der Waals surface area contributed by atoms with Gasteiger partial charge in [-0.05, 0) is 30.5 Å². The van der Waals surface area contributed by atoms with Crippen molar-refractivity contribution < 1.29 is 4.79 Å². The lowest BCUT2D eigenvalue weighted by Crippen LogP contribution is -2.12. The van der Waals surface area contributed by atoms with Gasteiger partial charge < -0.3 is 0 Å². The van der Waals surface area contributed by atoms with E-state index < -0.39 is 0 Å². The lowest BCUT2D eigenvalue weighted by Gasteiger charge is -2.15. The van der Waals surface area contributed by atoms with Gasteiger partial charge in [-0.3, -0.25) is 4.79 Å². The molecule has 0 fully saturated rings. The summed E-state index contributed by atoms with van der Waals surface area (Å²) in [6, 6.07) is 10.4. The molecule has 1 aromatic carbocycles. The van der Waals surface area contributed by atoms with Crippen molar-refractivity contribution in [3.05, 3.63) is 42.5 Å². The van der Waals surface area contributed by atoms with Gasteiger partial charge in [0.2, 0.25) is 0 Å². The van der Waals surface area contributed by atoms with Crippen molar-refractivity contribution in [3.63, 3.8) is 0 Å². The van der Waals surface area contributed by atoms with E-state index in [-0.39, 0.29) is 5.78 Å². The van der Waals surface area contributed by atoms with Crippen LogP contribution in [0.2, 0.25) is 0 Å². The van der Waals surface area contributed by atoms with Gasteiger partial charge in [-0.2, -0.15) is 0 Å². The average Bonchev–Trinajstić information content (AvgIpc) is 2.28. The van der Waals surface area contributed by atoms with Crippen LogP contribution in [-0.2, 0) is 4.79 Å². The SMILES string of the molecule is O=C1C=CCC(CSc2ccccc2)C1. The van der Waals surface area contributed by atoms with Crippen LogP contribution in [0.4, 0.5) is 0 Å². The molecule has 78 valence electrons. The maximum atomic E-state index is 11.2. The minimum absolute atomic E-state index is 0.278. The Labute approximate surface area is 94.6 Å². The molecular weight excluding hydrogens is 204 g/mol. The molecule has 0 saturated carbocycles. The first kappa shape index (κ1) is 10.5. The molecule has 2 rings (SSSR count). The minimum Gasteiger partial charge on any atom is -0.295 e. The quantitative estimate of drug-likeness (QED) is 0.724. The Hall–Kier alpha value is -1.02. The molecule has 0 spiro atoms. The Bertz CT molecular complexity index is 356. The second-order valence-corrected chi connectivity index (χ2v) is 4.89. The minimum atomic E-state index is 0.278. The summed E-state index contributed by atoms with van der Waals surface area (Å²) in [5, 5.41) is 0. The molecule has 0 aromatic heterocycles. The zero-order valence-electron chi connectivity index (χ0n) is 8.56. The predicted molar refractivity (Wildman–Crippen MR) is 64.0 cm³/mol. The maximum Gasteiger partial charge on any atom is 0.155 e. The van der Waals surface area contributed by atoms with Crippen molar-refractivity contribution in [2.24, 2.45) is 5.92 Å². The van der Waals surface area contributed by atoms with Gasteiger partial charge >= 0.3 is 0 Å². The van der Waals surface area contributed by atoms with Crippen LogP contribution in [0.1, 0.15) is 12.8 Å². The lowest BCUT2D eigenvalue weighted by molar-refractivity contribution is -0.115. The van der Waals surface area contributed by atoms with E-state index in [9.17, 15) is 4.79 Å². The van der Waals surface area contributed by atoms with E-state index in [4.69, 9.17) is 0 Å². The van der Waals surface area contributed by atoms with Crippen molar-refractivity contribution in [1.82, 2.24) is 0 Å². The second kappa shape index (κ2) is 5.17. The summed E-state index contributed by atoms with van der Waals surface area (Å²) in [4.78, 5) is 12.5. The van der Waals surface area contributed by atoms with Gasteiger partial charge in [0.15, 0.2) is 5.78 Å². The van der Waals surface area contributed by atoms with Crippen LogP contribution >= 0.6 is 11.8 Å². The third-order valence-corrected chi connectivity index (χ3v) is 3.74. The van der Waals surface area contributed by atoms with Crippen LogP contribution in [0.15, 0.2) is 47.4 Å². The van der Waals surface area contributed by atoms with E-state index in [1.54, 1.807) is 6.08 Å². The zero-order chi connectivity index (χ0) is 10.5. The maximum absolute atomic E-state index is 11.2. The number of allylic oxidation sites excluding steroid dienone is 2. The van der Waals surface area contributed by atoms with Crippen LogP contribution in [0, 0.1) is 5.92 Å². The number of carbonyl (C=O) groups is 1. The van der Waals surface area contributed by atoms with Gasteiger partial charge in [-0.25, -0.2) is 0 Å². The fraction of sp³-hybridized carbons (Fsp3) is 0.308. The van der Waals surface area contributed by atoms with Gasteiger partial charge in [0, 0.05) is 17.1 Å². The molecule has 0 N–H and O–H groups in total. The summed E-state index contributed by atoms with van der Waals surface area (Å²) >= 11 is 1.84. The Morgan fingerprint density at radius 3 is 2.80 bits per heavy atom. The number of ketones is 1. The highest BCUT2D eigenvalue weighted by molar-refractivity contribution is 7.99. The van der Waals surface area contributed by atoms with Crippen LogP contribution < -0.4 is 0 Å². The lowest BCUT2D eigenvalue weighted by atomic mass is 9.95. The molecule has 15 heavy (non-hydrogen) atoms. The molecule has 0 aliphatic heterocycles. The van der Waals surface area contributed by atoms with Crippen LogP contribution in [0.3, 0.4) is 0 Å². The Balaban J connectivity index is 1.84. The number of benzene rings is 1. The van der Waals surface area contributed by atoms with Crippen molar-refractivity contribution in [3.8, 4) is 0 Å². The first-order valence-corrected chi connectivity index (χ1v) is 6.20. The van der Waals surface area contributed by atoms with Crippen molar-refractivity contribution in [2.45, 2.75) is 17.7 Å². The van der Waals surface area contributed by atoms with Crippen LogP contribution in [0.5, 0.6) is 0 Å². The molecule has 0 heterocycles. The molecule has 0 amide bonds. The van der Waals surface area contributed by atoms with Gasteiger partial charge in [0.25, 0.3) is 0 Å². The molecule has 1 aromatic rings. The van der Waals surface area contributed by atoms with Crippen LogP contribution in [0.25, 0.3) is 0 Å². The largest absolute Gasteiger partial charge is 0.295 e. The van der Waals surface area contributed by atoms with Gasteiger partial charge in [0.1, 0.15) is 0 Å². The molecule has 2 heteroatoms. The van der Waals surface area contributed by atoms with E-state index in [0.29, 0.717) is 5.92 Å². The Morgan fingerprint density at radius 1 is 1.27 bits per heavy atom. The number of hydrogen-bond donors (Lipinski definition) is 0. The van der Waals surface area contributed by atoms with Gasteiger partial charge in [-0.15, -0.1) is 11.8 Å². The number of carbonyl (C=O) groups excluding carboxylic acids is 1. The summed E-state index contributed by atoms with van der Waals surface area (Å²) in [5.41, 5.74) is 0. The number of rotatable bonds is 3. The molecule has 0 bridgehead atoms. The first-order valence-electron chi connectivity index (χ1n) is 5.22. The molecule has 0 saturated heterocycles. The zero-order valence-corrected chi connectivity index (χ0v) is 9.37. The van der Waals surface area contributed by atoms with E-state index >= 15 is 0 Å². The molecule has 0 radical (unpaired) electrons. The predicted octanol–water partition coefficient (Wildman–Crippen LogP) is 3.31. The van der Waals surface area contributed by atoms with Crippen molar-refractivity contribution in [2.75, 3.05) is 5.75 Å². The van der Waals surface area contributed by atoms with Crippen LogP contribution in [-0.4, -0.2) is 11.5 Å². The first-order chi connectivity index (χ1) is 7.34. The highest BCUT2D eigenvalue weighted by atomic mass is 32.2. The molecular formula is C13H14OS. The Morgan fingerprint density at radius 2 is 2.07 bits per heavy atom. The second-order valence-electron chi connectivity index (χ2n) is 3.80. The Kier molecular flexibility index (Phi) is 3.62. The summed E-state index contributed by atoms with van der Waals surface area (Å²) in [5.74, 6) is 1.84. The van der Waals surface area contributed by atoms with Gasteiger partial charge in [-0.1, -0.05) is 24.3 Å². The third kappa shape index (κ3) is 3.24.